The molecule has 0 bridgehead atoms. The first kappa shape index (κ1) is 17.2. The predicted octanol–water partition coefficient (Wildman–Crippen LogP) is 2.97. The number of carbonyl (C=O) groups excluding carboxylic acids is 1. The standard InChI is InChI=1S/C15H30N2O/c1-4-15(18)16-13-11-9-7-5-6-8-10-12-14-17(2)3/h4H,1,5-14H2,2-3H3,(H,16,18). The highest BCUT2D eigenvalue weighted by atomic mass is 16.1. The molecule has 1 N–H and O–H groups in total. The summed E-state index contributed by atoms with van der Waals surface area (Å²) >= 11 is 0. The van der Waals surface area contributed by atoms with Crippen LogP contribution in [0, 0.1) is 0 Å². The minimum absolute atomic E-state index is 0.0594. The molecule has 0 aromatic heterocycles. The quantitative estimate of drug-likeness (QED) is 0.429. The molecule has 0 aromatic rings. The Morgan fingerprint density at radius 3 is 2.00 bits per heavy atom. The molecule has 0 spiro atoms. The van der Waals surface area contributed by atoms with Crippen molar-refractivity contribution in [2.45, 2.75) is 51.4 Å². The molecular weight excluding hydrogens is 224 g/mol. The second kappa shape index (κ2) is 12.6. The Kier molecular flexibility index (Phi) is 12.0. The van der Waals surface area contributed by atoms with Crippen LogP contribution in [-0.2, 0) is 4.79 Å². The Balaban J connectivity index is 3.03. The van der Waals surface area contributed by atoms with Gasteiger partial charge < -0.3 is 10.2 Å². The second-order valence-corrected chi connectivity index (χ2v) is 5.13. The Hall–Kier alpha value is -0.830. The molecule has 18 heavy (non-hydrogen) atoms. The molecule has 0 fully saturated rings. The molecule has 3 nitrogen and oxygen atoms in total. The van der Waals surface area contributed by atoms with Gasteiger partial charge in [-0.15, -0.1) is 0 Å². The zero-order chi connectivity index (χ0) is 13.6. The molecule has 1 amide bonds. The Morgan fingerprint density at radius 1 is 1.00 bits per heavy atom. The Morgan fingerprint density at radius 2 is 1.50 bits per heavy atom. The van der Waals surface area contributed by atoms with Gasteiger partial charge in [0.15, 0.2) is 0 Å². The van der Waals surface area contributed by atoms with Gasteiger partial charge in [0.25, 0.3) is 0 Å². The normalized spacial score (nSPS) is 10.6. The van der Waals surface area contributed by atoms with Crippen molar-refractivity contribution in [1.82, 2.24) is 10.2 Å². The van der Waals surface area contributed by atoms with Gasteiger partial charge in [-0.2, -0.15) is 0 Å². The van der Waals surface area contributed by atoms with Crippen molar-refractivity contribution in [3.63, 3.8) is 0 Å². The van der Waals surface area contributed by atoms with Crippen molar-refractivity contribution in [2.75, 3.05) is 27.2 Å². The molecular formula is C15H30N2O. The summed E-state index contributed by atoms with van der Waals surface area (Å²) in [6.45, 7) is 5.42. The van der Waals surface area contributed by atoms with Crippen molar-refractivity contribution in [2.24, 2.45) is 0 Å². The summed E-state index contributed by atoms with van der Waals surface area (Å²) < 4.78 is 0. The zero-order valence-corrected chi connectivity index (χ0v) is 12.2. The highest BCUT2D eigenvalue weighted by Crippen LogP contribution is 2.08. The van der Waals surface area contributed by atoms with E-state index >= 15 is 0 Å². The van der Waals surface area contributed by atoms with Gasteiger partial charge in [0, 0.05) is 6.54 Å². The van der Waals surface area contributed by atoms with Gasteiger partial charge in [-0.05, 0) is 39.6 Å². The van der Waals surface area contributed by atoms with Crippen molar-refractivity contribution < 1.29 is 4.79 Å². The minimum Gasteiger partial charge on any atom is -0.353 e. The van der Waals surface area contributed by atoms with Crippen LogP contribution in [0.15, 0.2) is 12.7 Å². The highest BCUT2D eigenvalue weighted by Gasteiger charge is 1.95. The molecule has 0 saturated heterocycles. The largest absolute Gasteiger partial charge is 0.353 e. The number of hydrogen-bond acceptors (Lipinski definition) is 2. The summed E-state index contributed by atoms with van der Waals surface area (Å²) in [6.07, 6.45) is 11.6. The fourth-order valence-corrected chi connectivity index (χ4v) is 1.90. The minimum atomic E-state index is -0.0594. The van der Waals surface area contributed by atoms with Gasteiger partial charge in [0.1, 0.15) is 0 Å². The summed E-state index contributed by atoms with van der Waals surface area (Å²) in [4.78, 5) is 13.1. The van der Waals surface area contributed by atoms with Crippen molar-refractivity contribution in [1.29, 1.82) is 0 Å². The van der Waals surface area contributed by atoms with E-state index in [0.717, 1.165) is 13.0 Å². The second-order valence-electron chi connectivity index (χ2n) is 5.13. The third-order valence-corrected chi connectivity index (χ3v) is 3.02. The topological polar surface area (TPSA) is 32.3 Å². The SMILES string of the molecule is C=CC(=O)NCCCCCCCCCCN(C)C. The van der Waals surface area contributed by atoms with Crippen molar-refractivity contribution in [3.8, 4) is 0 Å². The molecule has 106 valence electrons. The fourth-order valence-electron chi connectivity index (χ4n) is 1.90. The number of amides is 1. The smallest absolute Gasteiger partial charge is 0.243 e. The van der Waals surface area contributed by atoms with E-state index in [1.807, 2.05) is 0 Å². The third kappa shape index (κ3) is 13.2. The average Bonchev–Trinajstić information content (AvgIpc) is 2.35. The van der Waals surface area contributed by atoms with Crippen molar-refractivity contribution >= 4 is 5.91 Å². The molecule has 0 unspecified atom stereocenters. The Bertz CT molecular complexity index is 215. The molecule has 0 rings (SSSR count). The fraction of sp³-hybridized carbons (Fsp3) is 0.800. The van der Waals surface area contributed by atoms with Gasteiger partial charge >= 0.3 is 0 Å². The van der Waals surface area contributed by atoms with E-state index in [9.17, 15) is 4.79 Å². The van der Waals surface area contributed by atoms with Crippen LogP contribution in [0.1, 0.15) is 51.4 Å². The van der Waals surface area contributed by atoms with E-state index < -0.39 is 0 Å². The Labute approximate surface area is 113 Å². The molecule has 0 saturated carbocycles. The van der Waals surface area contributed by atoms with E-state index in [2.05, 4.69) is 30.9 Å². The van der Waals surface area contributed by atoms with Crippen LogP contribution in [0.5, 0.6) is 0 Å². The molecule has 0 radical (unpaired) electrons. The summed E-state index contributed by atoms with van der Waals surface area (Å²) in [5, 5.41) is 2.80. The van der Waals surface area contributed by atoms with E-state index in [-0.39, 0.29) is 5.91 Å². The van der Waals surface area contributed by atoms with E-state index in [0.29, 0.717) is 0 Å². The van der Waals surface area contributed by atoms with Gasteiger partial charge in [-0.3, -0.25) is 4.79 Å². The van der Waals surface area contributed by atoms with E-state index in [4.69, 9.17) is 0 Å². The maximum Gasteiger partial charge on any atom is 0.243 e. The number of hydrogen-bond donors (Lipinski definition) is 1. The van der Waals surface area contributed by atoms with Crippen LogP contribution in [0.2, 0.25) is 0 Å². The monoisotopic (exact) mass is 254 g/mol. The van der Waals surface area contributed by atoms with Crippen LogP contribution in [0.4, 0.5) is 0 Å². The van der Waals surface area contributed by atoms with Gasteiger partial charge in [-0.1, -0.05) is 45.1 Å². The zero-order valence-electron chi connectivity index (χ0n) is 12.2. The lowest BCUT2D eigenvalue weighted by atomic mass is 10.1. The summed E-state index contributed by atoms with van der Waals surface area (Å²) in [5.41, 5.74) is 0. The molecule has 0 aliphatic carbocycles. The maximum atomic E-state index is 10.9. The molecule has 0 aliphatic heterocycles. The van der Waals surface area contributed by atoms with Crippen molar-refractivity contribution in [3.05, 3.63) is 12.7 Å². The molecule has 3 heteroatoms. The predicted molar refractivity (Wildman–Crippen MR) is 78.7 cm³/mol. The first-order valence-corrected chi connectivity index (χ1v) is 7.22. The number of unbranched alkanes of at least 4 members (excludes halogenated alkanes) is 7. The van der Waals surface area contributed by atoms with Crippen LogP contribution >= 0.6 is 0 Å². The summed E-state index contributed by atoms with van der Waals surface area (Å²) in [5.74, 6) is -0.0594. The lowest BCUT2D eigenvalue weighted by Crippen LogP contribution is -2.21. The van der Waals surface area contributed by atoms with Crippen LogP contribution in [0.3, 0.4) is 0 Å². The molecule has 0 aliphatic rings. The van der Waals surface area contributed by atoms with E-state index in [1.54, 1.807) is 0 Å². The maximum absolute atomic E-state index is 10.9. The lowest BCUT2D eigenvalue weighted by Gasteiger charge is -2.08. The highest BCUT2D eigenvalue weighted by molar-refractivity contribution is 5.86. The van der Waals surface area contributed by atoms with E-state index in [1.165, 1.54) is 57.6 Å². The summed E-state index contributed by atoms with van der Waals surface area (Å²) in [7, 11) is 4.26. The third-order valence-electron chi connectivity index (χ3n) is 3.02. The van der Waals surface area contributed by atoms with Gasteiger partial charge in [-0.25, -0.2) is 0 Å². The number of nitrogens with one attached hydrogen (secondary N) is 1. The first-order valence-electron chi connectivity index (χ1n) is 7.22. The number of carbonyl (C=O) groups is 1. The average molecular weight is 254 g/mol. The molecule has 0 heterocycles. The number of nitrogens with zero attached hydrogens (tertiary/aromatic N) is 1. The number of rotatable bonds is 12. The molecule has 0 aromatic carbocycles. The van der Waals surface area contributed by atoms with Gasteiger partial charge in [0.2, 0.25) is 5.91 Å². The van der Waals surface area contributed by atoms with Crippen LogP contribution in [-0.4, -0.2) is 38.0 Å². The summed E-state index contributed by atoms with van der Waals surface area (Å²) in [6, 6.07) is 0. The molecule has 0 atom stereocenters. The van der Waals surface area contributed by atoms with Crippen LogP contribution < -0.4 is 5.32 Å². The van der Waals surface area contributed by atoms with Gasteiger partial charge in [0.05, 0.1) is 0 Å². The first-order chi connectivity index (χ1) is 8.66. The van der Waals surface area contributed by atoms with Crippen LogP contribution in [0.25, 0.3) is 0 Å². The lowest BCUT2D eigenvalue weighted by molar-refractivity contribution is -0.116.